The molecule has 2 aromatic carbocycles. The highest BCUT2D eigenvalue weighted by atomic mass is 32.2. The van der Waals surface area contributed by atoms with Gasteiger partial charge in [-0.2, -0.15) is 18.2 Å². The van der Waals surface area contributed by atoms with Gasteiger partial charge in [-0.15, -0.1) is 0 Å². The van der Waals surface area contributed by atoms with Crippen LogP contribution in [0.25, 0.3) is 6.08 Å². The maximum Gasteiger partial charge on any atom is 0.416 e. The van der Waals surface area contributed by atoms with Gasteiger partial charge in [-0.05, 0) is 53.2 Å². The first-order valence-corrected chi connectivity index (χ1v) is 12.1. The largest absolute Gasteiger partial charge is 0.416 e. The van der Waals surface area contributed by atoms with Gasteiger partial charge in [0, 0.05) is 57.1 Å². The Hall–Kier alpha value is -3.67. The highest BCUT2D eigenvalue weighted by Gasteiger charge is 2.33. The van der Waals surface area contributed by atoms with E-state index in [0.717, 1.165) is 18.3 Å². The summed E-state index contributed by atoms with van der Waals surface area (Å²) in [5.41, 5.74) is 0.253. The monoisotopic (exact) mass is 533 g/mol. The van der Waals surface area contributed by atoms with Crippen LogP contribution in [0, 0.1) is 11.2 Å². The van der Waals surface area contributed by atoms with Crippen LogP contribution in [0.1, 0.15) is 29.2 Å². The Balaban J connectivity index is 1.45. The van der Waals surface area contributed by atoms with Gasteiger partial charge in [0.15, 0.2) is 5.17 Å². The summed E-state index contributed by atoms with van der Waals surface area (Å²) in [6.45, 7) is 3.57. The highest BCUT2D eigenvalue weighted by Crippen LogP contribution is 2.34. The summed E-state index contributed by atoms with van der Waals surface area (Å²) in [6, 6.07) is 7.42. The number of benzene rings is 2. The van der Waals surface area contributed by atoms with Crippen LogP contribution in [-0.2, 0) is 22.3 Å². The number of amidine groups is 1. The SMILES string of the molecule is CC(=O)N1CCN(C2=NC(=O)/C(=C/c3ccc(NCc4ccc(F)cc4C(F)(F)F)c(C=N)c3)S2)CC1. The number of aliphatic imine (C=N–C) groups is 1. The first-order chi connectivity index (χ1) is 17.5. The molecule has 4 rings (SSSR count). The predicted octanol–water partition coefficient (Wildman–Crippen LogP) is 4.59. The Morgan fingerprint density at radius 3 is 2.54 bits per heavy atom. The lowest BCUT2D eigenvalue weighted by Gasteiger charge is -2.34. The fourth-order valence-corrected chi connectivity index (χ4v) is 4.97. The minimum absolute atomic E-state index is 0.00993. The second-order valence-corrected chi connectivity index (χ2v) is 9.46. The van der Waals surface area contributed by atoms with Crippen molar-refractivity contribution in [3.63, 3.8) is 0 Å². The summed E-state index contributed by atoms with van der Waals surface area (Å²) in [5.74, 6) is -1.35. The van der Waals surface area contributed by atoms with E-state index in [0.29, 0.717) is 59.1 Å². The second-order valence-electron chi connectivity index (χ2n) is 8.45. The Kier molecular flexibility index (Phi) is 7.67. The van der Waals surface area contributed by atoms with E-state index in [1.807, 2.05) is 4.90 Å². The number of amides is 2. The molecule has 0 atom stereocenters. The number of nitrogens with zero attached hydrogens (tertiary/aromatic N) is 3. The Morgan fingerprint density at radius 1 is 1.16 bits per heavy atom. The molecule has 0 aliphatic carbocycles. The molecule has 12 heteroatoms. The van der Waals surface area contributed by atoms with Crippen molar-refractivity contribution in [2.75, 3.05) is 31.5 Å². The lowest BCUT2D eigenvalue weighted by Crippen LogP contribution is -2.49. The van der Waals surface area contributed by atoms with Gasteiger partial charge in [0.1, 0.15) is 5.82 Å². The van der Waals surface area contributed by atoms with Gasteiger partial charge in [0.2, 0.25) is 5.91 Å². The van der Waals surface area contributed by atoms with Crippen LogP contribution < -0.4 is 5.32 Å². The molecule has 1 fully saturated rings. The third-order valence-electron chi connectivity index (χ3n) is 5.98. The van der Waals surface area contributed by atoms with Crippen molar-refractivity contribution >= 4 is 46.7 Å². The fourth-order valence-electron chi connectivity index (χ4n) is 4.01. The first kappa shape index (κ1) is 26.4. The number of hydrogen-bond donors (Lipinski definition) is 2. The molecule has 2 N–H and O–H groups in total. The van der Waals surface area contributed by atoms with Gasteiger partial charge in [0.25, 0.3) is 5.91 Å². The Morgan fingerprint density at radius 2 is 1.89 bits per heavy atom. The number of piperazine rings is 1. The van der Waals surface area contributed by atoms with E-state index < -0.39 is 17.6 Å². The van der Waals surface area contributed by atoms with E-state index in [-0.39, 0.29) is 23.9 Å². The topological polar surface area (TPSA) is 88.9 Å². The first-order valence-electron chi connectivity index (χ1n) is 11.3. The molecule has 2 amide bonds. The number of halogens is 4. The van der Waals surface area contributed by atoms with Crippen molar-refractivity contribution in [1.82, 2.24) is 9.80 Å². The fraction of sp³-hybridized carbons (Fsp3) is 0.280. The molecule has 7 nitrogen and oxygen atoms in total. The number of thioether (sulfide) groups is 1. The molecule has 0 bridgehead atoms. The van der Waals surface area contributed by atoms with E-state index in [9.17, 15) is 27.2 Å². The molecular weight excluding hydrogens is 510 g/mol. The van der Waals surface area contributed by atoms with Gasteiger partial charge in [0.05, 0.1) is 10.5 Å². The van der Waals surface area contributed by atoms with E-state index in [2.05, 4.69) is 10.3 Å². The van der Waals surface area contributed by atoms with Gasteiger partial charge < -0.3 is 20.5 Å². The summed E-state index contributed by atoms with van der Waals surface area (Å²) >= 11 is 1.23. The average molecular weight is 534 g/mol. The molecule has 0 aromatic heterocycles. The lowest BCUT2D eigenvalue weighted by molar-refractivity contribution is -0.138. The number of carbonyl (C=O) groups is 2. The van der Waals surface area contributed by atoms with Crippen molar-refractivity contribution in [3.05, 3.63) is 69.4 Å². The van der Waals surface area contributed by atoms with Crippen LogP contribution >= 0.6 is 11.8 Å². The summed E-state index contributed by atoms with van der Waals surface area (Å²) in [5, 5.41) is 11.2. The molecule has 1 saturated heterocycles. The standard InChI is InChI=1S/C25H23F4N5O2S/c1-15(35)33-6-8-34(9-7-33)24-32-23(36)22(37-24)11-16-2-5-21(18(10-16)13-30)31-14-17-3-4-19(26)12-20(17)25(27,28)29/h2-5,10-13,30-31H,6-9,14H2,1H3/b22-11-,30-13?. The van der Waals surface area contributed by atoms with Crippen LogP contribution in [0.3, 0.4) is 0 Å². The van der Waals surface area contributed by atoms with Gasteiger partial charge in [-0.1, -0.05) is 12.1 Å². The van der Waals surface area contributed by atoms with Gasteiger partial charge in [-0.25, -0.2) is 4.39 Å². The van der Waals surface area contributed by atoms with Gasteiger partial charge in [-0.3, -0.25) is 9.59 Å². The van der Waals surface area contributed by atoms with E-state index >= 15 is 0 Å². The van der Waals surface area contributed by atoms with Crippen molar-refractivity contribution in [1.29, 1.82) is 5.41 Å². The predicted molar refractivity (Wildman–Crippen MR) is 135 cm³/mol. The number of carbonyl (C=O) groups excluding carboxylic acids is 2. The van der Waals surface area contributed by atoms with Crippen molar-refractivity contribution in [2.24, 2.45) is 4.99 Å². The summed E-state index contributed by atoms with van der Waals surface area (Å²) in [7, 11) is 0. The molecule has 0 saturated carbocycles. The maximum absolute atomic E-state index is 13.4. The van der Waals surface area contributed by atoms with E-state index in [4.69, 9.17) is 5.41 Å². The van der Waals surface area contributed by atoms with Crippen LogP contribution in [0.4, 0.5) is 23.2 Å². The van der Waals surface area contributed by atoms with E-state index in [1.165, 1.54) is 18.7 Å². The molecule has 2 aromatic rings. The molecule has 2 aliphatic heterocycles. The zero-order valence-electron chi connectivity index (χ0n) is 19.7. The third-order valence-corrected chi connectivity index (χ3v) is 7.02. The normalized spacial score (nSPS) is 17.3. The van der Waals surface area contributed by atoms with Crippen LogP contribution in [0.5, 0.6) is 0 Å². The zero-order chi connectivity index (χ0) is 26.7. The maximum atomic E-state index is 13.4. The number of rotatable bonds is 5. The zero-order valence-corrected chi connectivity index (χ0v) is 20.5. The molecule has 194 valence electrons. The molecule has 0 unspecified atom stereocenters. The van der Waals surface area contributed by atoms with Gasteiger partial charge >= 0.3 is 6.18 Å². The summed E-state index contributed by atoms with van der Waals surface area (Å²) in [6.07, 6.45) is -2.00. The number of nitrogens with one attached hydrogen (secondary N) is 2. The minimum atomic E-state index is -4.70. The number of alkyl halides is 3. The molecule has 37 heavy (non-hydrogen) atoms. The van der Waals surface area contributed by atoms with Crippen LogP contribution in [0.2, 0.25) is 0 Å². The minimum Gasteiger partial charge on any atom is -0.380 e. The van der Waals surface area contributed by atoms with E-state index in [1.54, 1.807) is 29.2 Å². The van der Waals surface area contributed by atoms with Crippen LogP contribution in [0.15, 0.2) is 46.3 Å². The number of anilines is 1. The molecular formula is C25H23F4N5O2S. The Labute approximate surface area is 214 Å². The lowest BCUT2D eigenvalue weighted by atomic mass is 10.1. The second kappa shape index (κ2) is 10.8. The highest BCUT2D eigenvalue weighted by molar-refractivity contribution is 8.18. The van der Waals surface area contributed by atoms with Crippen LogP contribution in [-0.4, -0.2) is 59.2 Å². The molecule has 2 aliphatic rings. The molecule has 2 heterocycles. The van der Waals surface area contributed by atoms with Crippen molar-refractivity contribution in [2.45, 2.75) is 19.6 Å². The molecule has 0 radical (unpaired) electrons. The summed E-state index contributed by atoms with van der Waals surface area (Å²) < 4.78 is 53.2. The third kappa shape index (κ3) is 6.19. The quantitative estimate of drug-likeness (QED) is 0.334. The Bertz CT molecular complexity index is 1300. The smallest absolute Gasteiger partial charge is 0.380 e. The van der Waals surface area contributed by atoms with Crippen molar-refractivity contribution < 1.29 is 27.2 Å². The molecule has 0 spiro atoms. The number of hydrogen-bond acceptors (Lipinski definition) is 6. The van der Waals surface area contributed by atoms with Crippen molar-refractivity contribution in [3.8, 4) is 0 Å². The summed E-state index contributed by atoms with van der Waals surface area (Å²) in [4.78, 5) is 32.2. The average Bonchev–Trinajstić information content (AvgIpc) is 3.23.